The molecule has 0 amide bonds. The summed E-state index contributed by atoms with van der Waals surface area (Å²) in [4.78, 5) is 10.3. The number of hydrogen-bond acceptors (Lipinski definition) is 1. The first kappa shape index (κ1) is 11.7. The van der Waals surface area contributed by atoms with E-state index in [1.54, 1.807) is 0 Å². The van der Waals surface area contributed by atoms with Crippen molar-refractivity contribution < 1.29 is 4.79 Å². The van der Waals surface area contributed by atoms with Crippen molar-refractivity contribution in [2.24, 2.45) is 5.92 Å². The normalized spacial score (nSPS) is 11.3. The molecular weight excluding hydrogens is 172 g/mol. The largest absolute Gasteiger partial charge is 0.281 e. The van der Waals surface area contributed by atoms with Gasteiger partial charge < -0.3 is 0 Å². The van der Waals surface area contributed by atoms with Crippen LogP contribution >= 0.6 is 11.6 Å². The predicted molar refractivity (Wildman–Crippen MR) is 53.3 cm³/mol. The summed E-state index contributed by atoms with van der Waals surface area (Å²) < 4.78 is 0. The molecule has 1 nitrogen and oxygen atoms in total. The topological polar surface area (TPSA) is 17.1 Å². The van der Waals surface area contributed by atoms with Crippen molar-refractivity contribution in [1.82, 2.24) is 0 Å². The molecule has 2 heteroatoms. The van der Waals surface area contributed by atoms with Crippen molar-refractivity contribution >= 4 is 16.8 Å². The predicted octanol–water partition coefficient (Wildman–Crippen LogP) is 3.52. The van der Waals surface area contributed by atoms with Gasteiger partial charge in [-0.05, 0) is 36.8 Å². The second kappa shape index (κ2) is 7.35. The molecule has 70 valence electrons. The van der Waals surface area contributed by atoms with Crippen LogP contribution in [-0.2, 0) is 4.79 Å². The van der Waals surface area contributed by atoms with Gasteiger partial charge in [0.05, 0.1) is 0 Å². The number of carbonyl (C=O) groups excluding carboxylic acids is 1. The van der Waals surface area contributed by atoms with Gasteiger partial charge in [0.15, 0.2) is 0 Å². The summed E-state index contributed by atoms with van der Waals surface area (Å²) in [6, 6.07) is 0. The third-order valence-electron chi connectivity index (χ3n) is 1.52. The zero-order valence-electron chi connectivity index (χ0n) is 7.85. The lowest BCUT2D eigenvalue weighted by atomic mass is 10.1. The molecule has 0 aromatic carbocycles. The van der Waals surface area contributed by atoms with E-state index in [1.807, 2.05) is 0 Å². The molecule has 0 fully saturated rings. The highest BCUT2D eigenvalue weighted by molar-refractivity contribution is 6.63. The maximum atomic E-state index is 10.3. The number of unbranched alkanes of at least 4 members (excludes halogenated alkanes) is 2. The molecule has 0 N–H and O–H groups in total. The zero-order chi connectivity index (χ0) is 9.40. The molecule has 12 heavy (non-hydrogen) atoms. The molecule has 0 rings (SSSR count). The molecule has 0 heterocycles. The van der Waals surface area contributed by atoms with E-state index in [0.29, 0.717) is 12.3 Å². The molecule has 0 bridgehead atoms. The summed E-state index contributed by atoms with van der Waals surface area (Å²) in [5.74, 6) is 0.625. The van der Waals surface area contributed by atoms with E-state index in [2.05, 4.69) is 26.0 Å². The van der Waals surface area contributed by atoms with Crippen molar-refractivity contribution in [3.8, 4) is 0 Å². The number of halogens is 1. The van der Waals surface area contributed by atoms with Crippen LogP contribution in [0.1, 0.15) is 39.5 Å². The molecule has 0 unspecified atom stereocenters. The average Bonchev–Trinajstić information content (AvgIpc) is 1.95. The van der Waals surface area contributed by atoms with Crippen molar-refractivity contribution in [3.05, 3.63) is 12.2 Å². The highest BCUT2D eigenvalue weighted by atomic mass is 35.5. The Morgan fingerprint density at radius 2 is 2.08 bits per heavy atom. The number of allylic oxidation sites excluding steroid dienone is 2. The maximum Gasteiger partial charge on any atom is 0.221 e. The van der Waals surface area contributed by atoms with Crippen LogP contribution in [0.2, 0.25) is 0 Å². The summed E-state index contributed by atoms with van der Waals surface area (Å²) in [7, 11) is 0. The summed E-state index contributed by atoms with van der Waals surface area (Å²) in [5, 5.41) is -0.220. The Bertz CT molecular complexity index is 150. The number of rotatable bonds is 6. The lowest BCUT2D eigenvalue weighted by Crippen LogP contribution is -1.85. The highest BCUT2D eigenvalue weighted by Crippen LogP contribution is 2.04. The Morgan fingerprint density at radius 1 is 1.42 bits per heavy atom. The van der Waals surface area contributed by atoms with E-state index in [4.69, 9.17) is 11.6 Å². The summed E-state index contributed by atoms with van der Waals surface area (Å²) in [6.07, 6.45) is 7.89. The van der Waals surface area contributed by atoms with Crippen molar-refractivity contribution in [3.63, 3.8) is 0 Å². The standard InChI is InChI=1S/C10H17ClO/c1-9(2)7-5-3-4-6-8-10(11)12/h5,7,9H,3-4,6,8H2,1-2H3/b7-5-. The maximum absolute atomic E-state index is 10.3. The van der Waals surface area contributed by atoms with Crippen LogP contribution in [0, 0.1) is 5.92 Å². The first-order chi connectivity index (χ1) is 5.63. The molecule has 0 spiro atoms. The first-order valence-electron chi connectivity index (χ1n) is 4.48. The van der Waals surface area contributed by atoms with E-state index >= 15 is 0 Å². The average molecular weight is 189 g/mol. The monoisotopic (exact) mass is 188 g/mol. The van der Waals surface area contributed by atoms with Crippen LogP contribution in [0.3, 0.4) is 0 Å². The molecule has 0 aliphatic heterocycles. The fourth-order valence-electron chi connectivity index (χ4n) is 0.895. The minimum absolute atomic E-state index is 0.220. The molecule has 0 aliphatic rings. The van der Waals surface area contributed by atoms with Crippen LogP contribution in [0.15, 0.2) is 12.2 Å². The summed E-state index contributed by atoms with van der Waals surface area (Å²) >= 11 is 5.18. The van der Waals surface area contributed by atoms with Gasteiger partial charge in [-0.15, -0.1) is 0 Å². The summed E-state index contributed by atoms with van der Waals surface area (Å²) in [5.41, 5.74) is 0. The van der Waals surface area contributed by atoms with E-state index in [1.165, 1.54) is 0 Å². The van der Waals surface area contributed by atoms with Gasteiger partial charge in [-0.1, -0.05) is 26.0 Å². The second-order valence-corrected chi connectivity index (χ2v) is 3.69. The third-order valence-corrected chi connectivity index (χ3v) is 1.70. The van der Waals surface area contributed by atoms with Crippen molar-refractivity contribution in [2.75, 3.05) is 0 Å². The lowest BCUT2D eigenvalue weighted by molar-refractivity contribution is -0.111. The SMILES string of the molecule is CC(C)/C=C\CCCCC(=O)Cl. The van der Waals surface area contributed by atoms with Gasteiger partial charge in [0.25, 0.3) is 0 Å². The van der Waals surface area contributed by atoms with E-state index in [9.17, 15) is 4.79 Å². The van der Waals surface area contributed by atoms with Gasteiger partial charge in [-0.2, -0.15) is 0 Å². The smallest absolute Gasteiger partial charge is 0.221 e. The molecule has 0 aromatic rings. The van der Waals surface area contributed by atoms with Crippen LogP contribution in [0.25, 0.3) is 0 Å². The third kappa shape index (κ3) is 9.70. The molecule has 0 saturated heterocycles. The van der Waals surface area contributed by atoms with Crippen LogP contribution in [0.5, 0.6) is 0 Å². The van der Waals surface area contributed by atoms with Gasteiger partial charge in [0.1, 0.15) is 0 Å². The minimum Gasteiger partial charge on any atom is -0.281 e. The zero-order valence-corrected chi connectivity index (χ0v) is 8.60. The highest BCUT2D eigenvalue weighted by Gasteiger charge is 1.93. The van der Waals surface area contributed by atoms with Gasteiger partial charge in [-0.3, -0.25) is 4.79 Å². The van der Waals surface area contributed by atoms with Crippen LogP contribution in [-0.4, -0.2) is 5.24 Å². The second-order valence-electron chi connectivity index (χ2n) is 3.27. The molecule has 0 radical (unpaired) electrons. The Kier molecular flexibility index (Phi) is 7.17. The molecule has 0 atom stereocenters. The summed E-state index contributed by atoms with van der Waals surface area (Å²) in [6.45, 7) is 4.30. The van der Waals surface area contributed by atoms with Gasteiger partial charge in [0, 0.05) is 6.42 Å². The van der Waals surface area contributed by atoms with E-state index in [0.717, 1.165) is 19.3 Å². The van der Waals surface area contributed by atoms with E-state index in [-0.39, 0.29) is 5.24 Å². The Hall–Kier alpha value is -0.300. The van der Waals surface area contributed by atoms with Crippen LogP contribution in [0.4, 0.5) is 0 Å². The fourth-order valence-corrected chi connectivity index (χ4v) is 1.03. The molecule has 0 saturated carbocycles. The van der Waals surface area contributed by atoms with Gasteiger partial charge in [-0.25, -0.2) is 0 Å². The van der Waals surface area contributed by atoms with Crippen molar-refractivity contribution in [1.29, 1.82) is 0 Å². The number of carbonyl (C=O) groups is 1. The molecular formula is C10H17ClO. The molecule has 0 aromatic heterocycles. The minimum atomic E-state index is -0.220. The molecule has 0 aliphatic carbocycles. The van der Waals surface area contributed by atoms with Gasteiger partial charge >= 0.3 is 0 Å². The van der Waals surface area contributed by atoms with Crippen LogP contribution < -0.4 is 0 Å². The number of hydrogen-bond donors (Lipinski definition) is 0. The Labute approximate surface area is 79.8 Å². The Morgan fingerprint density at radius 3 is 2.58 bits per heavy atom. The van der Waals surface area contributed by atoms with Crippen molar-refractivity contribution in [2.45, 2.75) is 39.5 Å². The van der Waals surface area contributed by atoms with Gasteiger partial charge in [0.2, 0.25) is 5.24 Å². The Balaban J connectivity index is 3.16. The first-order valence-corrected chi connectivity index (χ1v) is 4.85. The quantitative estimate of drug-likeness (QED) is 0.354. The fraction of sp³-hybridized carbons (Fsp3) is 0.700. The lowest BCUT2D eigenvalue weighted by Gasteiger charge is -1.94. The van der Waals surface area contributed by atoms with E-state index < -0.39 is 0 Å².